The van der Waals surface area contributed by atoms with Crippen molar-refractivity contribution in [2.24, 2.45) is 22.9 Å². The van der Waals surface area contributed by atoms with Gasteiger partial charge in [-0.05, 0) is 81.8 Å². The zero-order valence-electron chi connectivity index (χ0n) is 16.3. The third-order valence-corrected chi connectivity index (χ3v) is 6.60. The van der Waals surface area contributed by atoms with Gasteiger partial charge in [-0.3, -0.25) is 9.59 Å². The molecule has 4 fully saturated rings. The maximum atomic E-state index is 12.6. The molecule has 0 unspecified atom stereocenters. The van der Waals surface area contributed by atoms with Gasteiger partial charge >= 0.3 is 0 Å². The molecule has 0 spiro atoms. The molecule has 1 aromatic carbocycles. The van der Waals surface area contributed by atoms with Gasteiger partial charge in [-0.2, -0.15) is 5.10 Å². The Morgan fingerprint density at radius 3 is 2.26 bits per heavy atom. The molecule has 27 heavy (non-hydrogen) atoms. The summed E-state index contributed by atoms with van der Waals surface area (Å²) < 4.78 is 0. The van der Waals surface area contributed by atoms with Crippen LogP contribution >= 0.6 is 0 Å². The zero-order valence-corrected chi connectivity index (χ0v) is 16.3. The minimum Gasteiger partial charge on any atom is -0.350 e. The molecule has 4 aliphatic carbocycles. The molecule has 2 N–H and O–H groups in total. The number of amides is 2. The minimum absolute atomic E-state index is 0.0243. The topological polar surface area (TPSA) is 70.6 Å². The summed E-state index contributed by atoms with van der Waals surface area (Å²) in [6.45, 7) is 3.68. The molecule has 5 nitrogen and oxygen atoms in total. The highest BCUT2D eigenvalue weighted by molar-refractivity contribution is 6.01. The standard InChI is InChI=1S/C22H29N3O2/c1-14-5-3-4-6-19(14)21(27)25-24-15(2)7-20(26)23-22-11-16-8-17(12-22)10-18(9-16)13-22/h3-6,16-18H,7-13H2,1-2H3,(H,23,26)(H,25,27)/b24-15-. The van der Waals surface area contributed by atoms with Gasteiger partial charge in [0, 0.05) is 16.8 Å². The van der Waals surface area contributed by atoms with Gasteiger partial charge in [0.15, 0.2) is 0 Å². The highest BCUT2D eigenvalue weighted by atomic mass is 16.2. The number of hydrogen-bond donors (Lipinski definition) is 2. The van der Waals surface area contributed by atoms with Crippen LogP contribution in [0.3, 0.4) is 0 Å². The van der Waals surface area contributed by atoms with Crippen LogP contribution in [0, 0.1) is 24.7 Å². The molecule has 0 saturated heterocycles. The van der Waals surface area contributed by atoms with E-state index in [2.05, 4.69) is 15.8 Å². The third-order valence-electron chi connectivity index (χ3n) is 6.60. The van der Waals surface area contributed by atoms with E-state index in [0.717, 1.165) is 42.6 Å². The Bertz CT molecular complexity index is 748. The summed E-state index contributed by atoms with van der Waals surface area (Å²) in [5.41, 5.74) is 4.73. The van der Waals surface area contributed by atoms with E-state index >= 15 is 0 Å². The van der Waals surface area contributed by atoms with E-state index in [9.17, 15) is 9.59 Å². The van der Waals surface area contributed by atoms with Crippen LogP contribution in [0.1, 0.15) is 67.8 Å². The van der Waals surface area contributed by atoms with Crippen LogP contribution in [0.15, 0.2) is 29.4 Å². The highest BCUT2D eigenvalue weighted by Gasteiger charge is 2.51. The van der Waals surface area contributed by atoms with E-state index in [4.69, 9.17) is 0 Å². The summed E-state index contributed by atoms with van der Waals surface area (Å²) in [6, 6.07) is 7.40. The Morgan fingerprint density at radius 2 is 1.67 bits per heavy atom. The van der Waals surface area contributed by atoms with E-state index in [1.54, 1.807) is 13.0 Å². The number of carbonyl (C=O) groups is 2. The molecule has 5 rings (SSSR count). The first-order valence-corrected chi connectivity index (χ1v) is 10.1. The Labute approximate surface area is 161 Å². The van der Waals surface area contributed by atoms with E-state index in [0.29, 0.717) is 11.3 Å². The van der Waals surface area contributed by atoms with Gasteiger partial charge in [-0.15, -0.1) is 0 Å². The molecule has 0 aliphatic heterocycles. The van der Waals surface area contributed by atoms with Crippen molar-refractivity contribution in [2.75, 3.05) is 0 Å². The summed E-state index contributed by atoms with van der Waals surface area (Å²) >= 11 is 0. The van der Waals surface area contributed by atoms with Crippen molar-refractivity contribution in [3.05, 3.63) is 35.4 Å². The molecular formula is C22H29N3O2. The van der Waals surface area contributed by atoms with Crippen molar-refractivity contribution in [1.29, 1.82) is 0 Å². The molecule has 1 aromatic rings. The van der Waals surface area contributed by atoms with Crippen molar-refractivity contribution < 1.29 is 9.59 Å². The molecule has 144 valence electrons. The molecule has 4 bridgehead atoms. The highest BCUT2D eigenvalue weighted by Crippen LogP contribution is 2.55. The number of aryl methyl sites for hydroxylation is 1. The van der Waals surface area contributed by atoms with Gasteiger partial charge in [0.25, 0.3) is 5.91 Å². The van der Waals surface area contributed by atoms with Crippen LogP contribution in [0.4, 0.5) is 0 Å². The van der Waals surface area contributed by atoms with E-state index in [1.165, 1.54) is 19.3 Å². The first kappa shape index (κ1) is 18.2. The Kier molecular flexibility index (Phi) is 4.79. The van der Waals surface area contributed by atoms with Gasteiger partial charge in [-0.1, -0.05) is 18.2 Å². The Hall–Kier alpha value is -2.17. The van der Waals surface area contributed by atoms with Crippen LogP contribution in [-0.4, -0.2) is 23.1 Å². The fourth-order valence-electron chi connectivity index (χ4n) is 5.91. The Balaban J connectivity index is 1.32. The van der Waals surface area contributed by atoms with Crippen LogP contribution in [0.25, 0.3) is 0 Å². The fourth-order valence-corrected chi connectivity index (χ4v) is 5.91. The number of nitrogens with zero attached hydrogens (tertiary/aromatic N) is 1. The first-order valence-electron chi connectivity index (χ1n) is 10.1. The van der Waals surface area contributed by atoms with Crippen molar-refractivity contribution in [2.45, 2.75) is 64.3 Å². The number of nitrogens with one attached hydrogen (secondary N) is 2. The molecule has 0 radical (unpaired) electrons. The molecule has 0 aromatic heterocycles. The second-order valence-electron chi connectivity index (χ2n) is 9.03. The lowest BCUT2D eigenvalue weighted by Crippen LogP contribution is -2.60. The summed E-state index contributed by atoms with van der Waals surface area (Å²) in [5, 5.41) is 7.48. The van der Waals surface area contributed by atoms with Crippen LogP contribution in [0.2, 0.25) is 0 Å². The molecular weight excluding hydrogens is 338 g/mol. The summed E-state index contributed by atoms with van der Waals surface area (Å²) in [7, 11) is 0. The molecule has 5 heteroatoms. The zero-order chi connectivity index (χ0) is 19.0. The lowest BCUT2D eigenvalue weighted by Gasteiger charge is -2.56. The normalized spacial score (nSPS) is 31.6. The molecule has 0 heterocycles. The van der Waals surface area contributed by atoms with Crippen LogP contribution in [0.5, 0.6) is 0 Å². The molecule has 4 aliphatic rings. The SMILES string of the molecule is C/C(CC(=O)NC12CC3CC(CC(C3)C1)C2)=N/NC(=O)c1ccccc1C. The largest absolute Gasteiger partial charge is 0.350 e. The van der Waals surface area contributed by atoms with Gasteiger partial charge < -0.3 is 5.32 Å². The predicted octanol–water partition coefficient (Wildman–Crippen LogP) is 3.58. The Morgan fingerprint density at radius 1 is 1.07 bits per heavy atom. The lowest BCUT2D eigenvalue weighted by atomic mass is 9.53. The number of hydrogen-bond acceptors (Lipinski definition) is 3. The third kappa shape index (κ3) is 3.92. The number of rotatable bonds is 5. The maximum absolute atomic E-state index is 12.6. The van der Waals surface area contributed by atoms with Crippen molar-refractivity contribution in [1.82, 2.24) is 10.7 Å². The molecule has 2 amide bonds. The average Bonchev–Trinajstić information content (AvgIpc) is 2.58. The number of carbonyl (C=O) groups excluding carboxylic acids is 2. The average molecular weight is 367 g/mol. The second kappa shape index (κ2) is 7.10. The summed E-state index contributed by atoms with van der Waals surface area (Å²) in [6.07, 6.45) is 7.75. The maximum Gasteiger partial charge on any atom is 0.271 e. The van der Waals surface area contributed by atoms with Gasteiger partial charge in [0.05, 0.1) is 6.42 Å². The first-order chi connectivity index (χ1) is 12.9. The predicted molar refractivity (Wildman–Crippen MR) is 105 cm³/mol. The van der Waals surface area contributed by atoms with Crippen molar-refractivity contribution >= 4 is 17.5 Å². The van der Waals surface area contributed by atoms with Crippen LogP contribution in [-0.2, 0) is 4.79 Å². The molecule has 0 atom stereocenters. The van der Waals surface area contributed by atoms with Crippen molar-refractivity contribution in [3.8, 4) is 0 Å². The monoisotopic (exact) mass is 367 g/mol. The van der Waals surface area contributed by atoms with E-state index in [-0.39, 0.29) is 23.8 Å². The van der Waals surface area contributed by atoms with Crippen LogP contribution < -0.4 is 10.7 Å². The smallest absolute Gasteiger partial charge is 0.271 e. The van der Waals surface area contributed by atoms with E-state index < -0.39 is 0 Å². The summed E-state index contributed by atoms with van der Waals surface area (Å²) in [5.74, 6) is 2.21. The quantitative estimate of drug-likeness (QED) is 0.617. The lowest BCUT2D eigenvalue weighted by molar-refractivity contribution is -0.125. The fraction of sp³-hybridized carbons (Fsp3) is 0.591. The van der Waals surface area contributed by atoms with Gasteiger partial charge in [0.1, 0.15) is 0 Å². The van der Waals surface area contributed by atoms with Crippen molar-refractivity contribution in [3.63, 3.8) is 0 Å². The molecule has 4 saturated carbocycles. The van der Waals surface area contributed by atoms with Gasteiger partial charge in [-0.25, -0.2) is 5.43 Å². The second-order valence-corrected chi connectivity index (χ2v) is 9.03. The number of hydrazone groups is 1. The summed E-state index contributed by atoms with van der Waals surface area (Å²) in [4.78, 5) is 24.8. The van der Waals surface area contributed by atoms with Gasteiger partial charge in [0.2, 0.25) is 5.91 Å². The number of benzene rings is 1. The van der Waals surface area contributed by atoms with E-state index in [1.807, 2.05) is 25.1 Å². The minimum atomic E-state index is -0.242.